The fraction of sp³-hybridized carbons (Fsp3) is 0.283. The molecule has 1 saturated heterocycles. The van der Waals surface area contributed by atoms with Crippen LogP contribution in [-0.2, 0) is 21.7 Å². The number of nitrogens with one attached hydrogen (secondary N) is 3. The number of phenols is 1. The Kier molecular flexibility index (Phi) is 13.2. The van der Waals surface area contributed by atoms with Gasteiger partial charge in [-0.3, -0.25) is 19.5 Å². The van der Waals surface area contributed by atoms with E-state index in [0.29, 0.717) is 52.8 Å². The van der Waals surface area contributed by atoms with Crippen molar-refractivity contribution in [3.8, 4) is 17.0 Å². The number of rotatable bonds is 16. The number of hydrogen-bond donors (Lipinski definition) is 6. The van der Waals surface area contributed by atoms with Crippen LogP contribution in [0.3, 0.4) is 0 Å². The lowest BCUT2D eigenvalue weighted by Crippen LogP contribution is -2.40. The minimum absolute atomic E-state index is 0.0782. The first-order valence-corrected chi connectivity index (χ1v) is 19.9. The number of aliphatic hydroxyl groups excluding tert-OH is 1. The van der Waals surface area contributed by atoms with Gasteiger partial charge in [0.15, 0.2) is 0 Å². The molecule has 7 rings (SSSR count). The number of esters is 1. The molecule has 0 saturated carbocycles. The summed E-state index contributed by atoms with van der Waals surface area (Å²) >= 11 is 0. The molecule has 2 aromatic heterocycles. The lowest BCUT2D eigenvalue weighted by molar-refractivity contribution is -0.164. The molecule has 6 N–H and O–H groups in total. The van der Waals surface area contributed by atoms with Crippen LogP contribution in [-0.4, -0.2) is 86.4 Å². The number of aliphatic hydroxyl groups is 2. The van der Waals surface area contributed by atoms with Gasteiger partial charge in [-0.25, -0.2) is 9.78 Å². The predicted molar refractivity (Wildman–Crippen MR) is 223 cm³/mol. The number of aromatic hydroxyl groups is 1. The van der Waals surface area contributed by atoms with Crippen molar-refractivity contribution in [1.29, 1.82) is 0 Å². The smallest absolute Gasteiger partial charge is 0.347 e. The first-order valence-electron chi connectivity index (χ1n) is 19.9. The fourth-order valence-corrected chi connectivity index (χ4v) is 7.45. The summed E-state index contributed by atoms with van der Waals surface area (Å²) in [5.41, 5.74) is 1.34. The monoisotopic (exact) mass is 796 g/mol. The molecule has 2 unspecified atom stereocenters. The molecular weight excluding hydrogens is 749 g/mol. The normalized spacial score (nSPS) is 15.0. The van der Waals surface area contributed by atoms with Gasteiger partial charge >= 0.3 is 5.97 Å². The first-order chi connectivity index (χ1) is 28.7. The number of carbonyl (C=O) groups excluding carboxylic acids is 2. The van der Waals surface area contributed by atoms with Gasteiger partial charge in [-0.2, -0.15) is 0 Å². The van der Waals surface area contributed by atoms with Crippen molar-refractivity contribution in [3.05, 3.63) is 160 Å². The minimum atomic E-state index is -2.10. The molecule has 1 aliphatic heterocycles. The zero-order valence-electron chi connectivity index (χ0n) is 32.6. The van der Waals surface area contributed by atoms with Crippen LogP contribution < -0.4 is 16.2 Å². The van der Waals surface area contributed by atoms with Gasteiger partial charge in [-0.15, -0.1) is 0 Å². The van der Waals surface area contributed by atoms with Gasteiger partial charge in [0, 0.05) is 42.2 Å². The van der Waals surface area contributed by atoms with Crippen LogP contribution in [0, 0.1) is 5.92 Å². The summed E-state index contributed by atoms with van der Waals surface area (Å²) in [5.74, 6) is -1.08. The molecule has 59 heavy (non-hydrogen) atoms. The topological polar surface area (TPSA) is 190 Å². The minimum Gasteiger partial charge on any atom is -0.506 e. The zero-order valence-corrected chi connectivity index (χ0v) is 32.6. The van der Waals surface area contributed by atoms with Crippen LogP contribution in [0.4, 0.5) is 0 Å². The lowest BCUT2D eigenvalue weighted by Gasteiger charge is -2.33. The number of benzene rings is 4. The summed E-state index contributed by atoms with van der Waals surface area (Å²) in [6.45, 7) is 3.91. The summed E-state index contributed by atoms with van der Waals surface area (Å²) in [6, 6.07) is 31.9. The highest BCUT2D eigenvalue weighted by Crippen LogP contribution is 2.34. The highest BCUT2D eigenvalue weighted by molar-refractivity contribution is 5.92. The third-order valence-corrected chi connectivity index (χ3v) is 10.8. The van der Waals surface area contributed by atoms with E-state index in [4.69, 9.17) is 4.74 Å². The third-order valence-electron chi connectivity index (χ3n) is 10.8. The Bertz CT molecular complexity index is 2420. The van der Waals surface area contributed by atoms with Crippen molar-refractivity contribution in [2.75, 3.05) is 39.3 Å². The number of piperidine rings is 1. The highest BCUT2D eigenvalue weighted by atomic mass is 16.5. The van der Waals surface area contributed by atoms with Gasteiger partial charge < -0.3 is 35.7 Å². The Balaban J connectivity index is 0.940. The maximum absolute atomic E-state index is 13.9. The number of hydrogen-bond acceptors (Lipinski definition) is 11. The van der Waals surface area contributed by atoms with Crippen molar-refractivity contribution in [3.63, 3.8) is 0 Å². The van der Waals surface area contributed by atoms with E-state index in [1.54, 1.807) is 60.7 Å². The molecular formula is C46H48N6O7. The second kappa shape index (κ2) is 19.0. The summed E-state index contributed by atoms with van der Waals surface area (Å²) in [4.78, 5) is 52.6. The van der Waals surface area contributed by atoms with E-state index >= 15 is 0 Å². The molecule has 13 nitrogen and oxygen atoms in total. The summed E-state index contributed by atoms with van der Waals surface area (Å²) < 4.78 is 5.90. The molecule has 0 bridgehead atoms. The number of H-pyrrole nitrogens is 1. The standard InChI is InChI=1S/C46H48N6O7/c53-40-17-15-36(37-16-18-42(55)51-43(37)40)41(54)28-47-21-8-22-49-44(56)39-27-48-26-38(50-39)33-11-7-14-35(25-33)46(58,34-12-5-2-6-13-34)45(57)59-30-32-19-23-52(24-20-32)29-31-9-3-1-4-10-31/h1-7,9-18,25-27,32,41,47,53-54,58H,8,19-24,28-30H2,(H,49,56)(H,51,55). The lowest BCUT2D eigenvalue weighted by atomic mass is 9.85. The quantitative estimate of drug-likeness (QED) is 0.0582. The van der Waals surface area contributed by atoms with Crippen molar-refractivity contribution in [2.45, 2.75) is 37.5 Å². The second-order valence-corrected chi connectivity index (χ2v) is 14.9. The van der Waals surface area contributed by atoms with E-state index in [1.165, 1.54) is 30.1 Å². The Labute approximate surface area is 341 Å². The maximum Gasteiger partial charge on any atom is 0.347 e. The first kappa shape index (κ1) is 40.9. The van der Waals surface area contributed by atoms with Crippen LogP contribution in [0.25, 0.3) is 22.2 Å². The largest absolute Gasteiger partial charge is 0.506 e. The molecule has 0 radical (unpaired) electrons. The predicted octanol–water partition coefficient (Wildman–Crippen LogP) is 4.83. The second-order valence-electron chi connectivity index (χ2n) is 14.9. The molecule has 4 aromatic carbocycles. The molecule has 1 fully saturated rings. The van der Waals surface area contributed by atoms with Gasteiger partial charge in [0.2, 0.25) is 11.2 Å². The van der Waals surface area contributed by atoms with Crippen LogP contribution in [0.1, 0.15) is 58.1 Å². The summed E-state index contributed by atoms with van der Waals surface area (Å²) in [6.07, 6.45) is 4.31. The van der Waals surface area contributed by atoms with E-state index in [2.05, 4.69) is 42.6 Å². The number of carbonyl (C=O) groups is 2. The molecule has 2 atom stereocenters. The number of aromatic nitrogens is 3. The van der Waals surface area contributed by atoms with E-state index in [0.717, 1.165) is 32.5 Å². The van der Waals surface area contributed by atoms with Crippen molar-refractivity contribution in [2.24, 2.45) is 5.92 Å². The molecule has 304 valence electrons. The fourth-order valence-electron chi connectivity index (χ4n) is 7.45. The Morgan fingerprint density at radius 3 is 2.42 bits per heavy atom. The zero-order chi connectivity index (χ0) is 41.2. The summed E-state index contributed by atoms with van der Waals surface area (Å²) in [5, 5.41) is 39.7. The number of phenolic OH excluding ortho intramolecular Hbond substituents is 1. The van der Waals surface area contributed by atoms with Gasteiger partial charge in [0.1, 0.15) is 11.4 Å². The van der Waals surface area contributed by atoms with E-state index in [-0.39, 0.29) is 41.6 Å². The van der Waals surface area contributed by atoms with Gasteiger partial charge in [0.05, 0.1) is 36.3 Å². The number of nitrogens with zero attached hydrogens (tertiary/aromatic N) is 3. The van der Waals surface area contributed by atoms with Gasteiger partial charge in [-0.05, 0) is 79.7 Å². The van der Waals surface area contributed by atoms with E-state index in [9.17, 15) is 29.7 Å². The Hall–Kier alpha value is -6.25. The van der Waals surface area contributed by atoms with Gasteiger partial charge in [-0.1, -0.05) is 84.9 Å². The van der Waals surface area contributed by atoms with E-state index in [1.807, 2.05) is 24.3 Å². The Morgan fingerprint density at radius 2 is 1.64 bits per heavy atom. The third kappa shape index (κ3) is 9.90. The molecule has 6 aromatic rings. The molecule has 0 aliphatic carbocycles. The van der Waals surface area contributed by atoms with Crippen molar-refractivity contribution < 1.29 is 29.6 Å². The van der Waals surface area contributed by atoms with Crippen molar-refractivity contribution >= 4 is 22.8 Å². The number of pyridine rings is 1. The van der Waals surface area contributed by atoms with Crippen LogP contribution >= 0.6 is 0 Å². The molecule has 0 spiro atoms. The molecule has 13 heteroatoms. The van der Waals surface area contributed by atoms with Gasteiger partial charge in [0.25, 0.3) is 5.91 Å². The summed E-state index contributed by atoms with van der Waals surface area (Å²) in [7, 11) is 0. The molecule has 1 aliphatic rings. The number of ether oxygens (including phenoxy) is 1. The van der Waals surface area contributed by atoms with Crippen molar-refractivity contribution in [1.82, 2.24) is 30.5 Å². The maximum atomic E-state index is 13.9. The Morgan fingerprint density at radius 1 is 0.898 bits per heavy atom. The highest BCUT2D eigenvalue weighted by Gasteiger charge is 2.42. The SMILES string of the molecule is O=C(NCCCNCC(O)c1ccc(O)c2[nH]c(=O)ccc12)c1cncc(-c2cccc(C(O)(C(=O)OCC3CCN(Cc4ccccc4)CC3)c3ccccc3)c2)n1. The number of amides is 1. The number of aromatic amines is 1. The average Bonchev–Trinajstić information content (AvgIpc) is 3.27. The average molecular weight is 797 g/mol. The van der Waals surface area contributed by atoms with Crippen LogP contribution in [0.15, 0.2) is 126 Å². The van der Waals surface area contributed by atoms with E-state index < -0.39 is 23.6 Å². The molecule has 1 amide bonds. The molecule has 3 heterocycles. The number of fused-ring (bicyclic) bond motifs is 1. The van der Waals surface area contributed by atoms with Crippen LogP contribution in [0.5, 0.6) is 5.75 Å². The van der Waals surface area contributed by atoms with Crippen LogP contribution in [0.2, 0.25) is 0 Å². The number of likely N-dealkylation sites (tertiary alicyclic amines) is 1.